The number of benzene rings is 1. The van der Waals surface area contributed by atoms with Crippen LogP contribution in [0.2, 0.25) is 0 Å². The number of ether oxygens (including phenoxy) is 1. The van der Waals surface area contributed by atoms with E-state index < -0.39 is 0 Å². The molecule has 1 aliphatic heterocycles. The first-order chi connectivity index (χ1) is 15.0. The Hall–Kier alpha value is -2.38. The van der Waals surface area contributed by atoms with Crippen molar-refractivity contribution in [2.75, 3.05) is 26.7 Å². The normalized spacial score (nSPS) is 15.6. The van der Waals surface area contributed by atoms with Gasteiger partial charge in [0.15, 0.2) is 0 Å². The fraction of sp³-hybridized carbons (Fsp3) is 0.500. The van der Waals surface area contributed by atoms with E-state index >= 15 is 0 Å². The Morgan fingerprint density at radius 3 is 2.58 bits per heavy atom. The van der Waals surface area contributed by atoms with Crippen LogP contribution in [-0.2, 0) is 6.54 Å². The summed E-state index contributed by atoms with van der Waals surface area (Å²) < 4.78 is 7.35. The summed E-state index contributed by atoms with van der Waals surface area (Å²) >= 11 is 1.54. The van der Waals surface area contributed by atoms with E-state index in [0.29, 0.717) is 12.5 Å². The van der Waals surface area contributed by atoms with Gasteiger partial charge in [0.05, 0.1) is 23.7 Å². The van der Waals surface area contributed by atoms with Crippen LogP contribution in [0.1, 0.15) is 53.7 Å². The summed E-state index contributed by atoms with van der Waals surface area (Å²) in [6.45, 7) is 9.97. The lowest BCUT2D eigenvalue weighted by atomic mass is 10.1. The minimum atomic E-state index is -0.00518. The molecule has 1 aliphatic rings. The van der Waals surface area contributed by atoms with Gasteiger partial charge < -0.3 is 10.1 Å². The summed E-state index contributed by atoms with van der Waals surface area (Å²) in [6.07, 6.45) is 2.42. The summed E-state index contributed by atoms with van der Waals surface area (Å²) in [5.41, 5.74) is 2.20. The number of methoxy groups -OCH3 is 1. The highest BCUT2D eigenvalue weighted by Crippen LogP contribution is 2.30. The van der Waals surface area contributed by atoms with E-state index in [-0.39, 0.29) is 11.9 Å². The smallest absolute Gasteiger partial charge is 0.261 e. The standard InChI is InChI=1S/C24H32N4O2S/c1-16(2)15-28-24-20(17(3)26-28)13-22(31-24)23(29)25-14-21(27-11-5-6-12-27)18-7-9-19(30-4)10-8-18/h7-10,13,16,21H,5-6,11-12,14-15H2,1-4H3,(H,25,29)/t21-/m0/s1. The second kappa shape index (κ2) is 9.40. The minimum absolute atomic E-state index is 0.00518. The second-order valence-electron chi connectivity index (χ2n) is 8.73. The fourth-order valence-electron chi connectivity index (χ4n) is 4.31. The molecule has 31 heavy (non-hydrogen) atoms. The number of rotatable bonds is 8. The molecular formula is C24H32N4O2S. The zero-order valence-corrected chi connectivity index (χ0v) is 19.7. The lowest BCUT2D eigenvalue weighted by Crippen LogP contribution is -2.36. The van der Waals surface area contributed by atoms with E-state index in [1.54, 1.807) is 7.11 Å². The topological polar surface area (TPSA) is 59.4 Å². The molecular weight excluding hydrogens is 408 g/mol. The van der Waals surface area contributed by atoms with Crippen LogP contribution in [-0.4, -0.2) is 47.3 Å². The number of thiophene rings is 1. The Morgan fingerprint density at radius 2 is 1.94 bits per heavy atom. The van der Waals surface area contributed by atoms with Crippen molar-refractivity contribution in [2.45, 2.75) is 46.2 Å². The van der Waals surface area contributed by atoms with Crippen LogP contribution in [0.25, 0.3) is 10.2 Å². The number of fused-ring (bicyclic) bond motifs is 1. The predicted octanol–water partition coefficient (Wildman–Crippen LogP) is 4.64. The van der Waals surface area contributed by atoms with Crippen LogP contribution in [0.5, 0.6) is 5.75 Å². The van der Waals surface area contributed by atoms with Crippen LogP contribution < -0.4 is 10.1 Å². The van der Waals surface area contributed by atoms with Gasteiger partial charge in [-0.15, -0.1) is 11.3 Å². The molecule has 1 N–H and O–H groups in total. The number of amides is 1. The molecule has 1 aromatic carbocycles. The average molecular weight is 441 g/mol. The first kappa shape index (κ1) is 21.8. The van der Waals surface area contributed by atoms with Crippen LogP contribution in [0.3, 0.4) is 0 Å². The van der Waals surface area contributed by atoms with E-state index in [2.05, 4.69) is 41.3 Å². The van der Waals surface area contributed by atoms with Crippen molar-refractivity contribution in [3.8, 4) is 5.75 Å². The van der Waals surface area contributed by atoms with Gasteiger partial charge in [-0.05, 0) is 62.5 Å². The Morgan fingerprint density at radius 1 is 1.23 bits per heavy atom. The van der Waals surface area contributed by atoms with E-state index in [0.717, 1.165) is 46.2 Å². The van der Waals surface area contributed by atoms with E-state index in [1.807, 2.05) is 29.8 Å². The molecule has 6 nitrogen and oxygen atoms in total. The van der Waals surface area contributed by atoms with Gasteiger partial charge in [0, 0.05) is 18.5 Å². The van der Waals surface area contributed by atoms with Gasteiger partial charge in [-0.2, -0.15) is 5.10 Å². The molecule has 7 heteroatoms. The molecule has 3 heterocycles. The minimum Gasteiger partial charge on any atom is -0.497 e. The number of hydrogen-bond donors (Lipinski definition) is 1. The molecule has 0 radical (unpaired) electrons. The number of aromatic nitrogens is 2. The molecule has 4 rings (SSSR count). The van der Waals surface area contributed by atoms with Crippen molar-refractivity contribution in [3.63, 3.8) is 0 Å². The molecule has 0 saturated carbocycles. The third-order valence-electron chi connectivity index (χ3n) is 5.91. The molecule has 1 amide bonds. The molecule has 166 valence electrons. The molecule has 0 aliphatic carbocycles. The summed E-state index contributed by atoms with van der Waals surface area (Å²) in [5.74, 6) is 1.35. The number of nitrogens with zero attached hydrogens (tertiary/aromatic N) is 3. The highest BCUT2D eigenvalue weighted by molar-refractivity contribution is 7.20. The summed E-state index contributed by atoms with van der Waals surface area (Å²) in [7, 11) is 1.68. The first-order valence-corrected chi connectivity index (χ1v) is 11.9. The Labute approximate surface area is 188 Å². The molecule has 1 atom stereocenters. The number of likely N-dealkylation sites (tertiary alicyclic amines) is 1. The SMILES string of the molecule is COc1ccc([C@H](CNC(=O)c2cc3c(C)nn(CC(C)C)c3s2)N2CCCC2)cc1. The molecule has 0 bridgehead atoms. The number of hydrogen-bond acceptors (Lipinski definition) is 5. The maximum absolute atomic E-state index is 13.0. The van der Waals surface area contributed by atoms with Gasteiger partial charge in [-0.3, -0.25) is 14.4 Å². The molecule has 0 spiro atoms. The first-order valence-electron chi connectivity index (χ1n) is 11.1. The van der Waals surface area contributed by atoms with Gasteiger partial charge in [0.1, 0.15) is 10.6 Å². The number of aryl methyl sites for hydroxylation is 1. The van der Waals surface area contributed by atoms with Crippen molar-refractivity contribution in [2.24, 2.45) is 5.92 Å². The van der Waals surface area contributed by atoms with Gasteiger partial charge in [-0.25, -0.2) is 0 Å². The number of nitrogens with one attached hydrogen (secondary N) is 1. The lowest BCUT2D eigenvalue weighted by Gasteiger charge is -2.28. The Balaban J connectivity index is 1.50. The summed E-state index contributed by atoms with van der Waals surface area (Å²) in [6, 6.07) is 10.4. The lowest BCUT2D eigenvalue weighted by molar-refractivity contribution is 0.0942. The summed E-state index contributed by atoms with van der Waals surface area (Å²) in [4.78, 5) is 17.3. The monoisotopic (exact) mass is 440 g/mol. The molecule has 1 saturated heterocycles. The Kier molecular flexibility index (Phi) is 6.62. The number of carbonyl (C=O) groups is 1. The zero-order valence-electron chi connectivity index (χ0n) is 18.9. The van der Waals surface area contributed by atoms with Crippen molar-refractivity contribution in [1.82, 2.24) is 20.0 Å². The largest absolute Gasteiger partial charge is 0.497 e. The molecule has 1 fully saturated rings. The van der Waals surface area contributed by atoms with Crippen molar-refractivity contribution >= 4 is 27.5 Å². The van der Waals surface area contributed by atoms with Gasteiger partial charge >= 0.3 is 0 Å². The second-order valence-corrected chi connectivity index (χ2v) is 9.76. The summed E-state index contributed by atoms with van der Waals surface area (Å²) in [5, 5.41) is 8.94. The Bertz CT molecular complexity index is 1030. The quantitative estimate of drug-likeness (QED) is 0.554. The molecule has 0 unspecified atom stereocenters. The van der Waals surface area contributed by atoms with Gasteiger partial charge in [0.25, 0.3) is 5.91 Å². The van der Waals surface area contributed by atoms with Gasteiger partial charge in [-0.1, -0.05) is 26.0 Å². The van der Waals surface area contributed by atoms with Crippen molar-refractivity contribution in [1.29, 1.82) is 0 Å². The van der Waals surface area contributed by atoms with E-state index in [4.69, 9.17) is 4.74 Å². The molecule has 2 aromatic heterocycles. The highest BCUT2D eigenvalue weighted by Gasteiger charge is 2.25. The van der Waals surface area contributed by atoms with E-state index in [1.165, 1.54) is 29.7 Å². The third-order valence-corrected chi connectivity index (χ3v) is 7.05. The highest BCUT2D eigenvalue weighted by atomic mass is 32.1. The van der Waals surface area contributed by atoms with Crippen molar-refractivity contribution < 1.29 is 9.53 Å². The van der Waals surface area contributed by atoms with Gasteiger partial charge in [0.2, 0.25) is 0 Å². The van der Waals surface area contributed by atoms with Crippen LogP contribution in [0, 0.1) is 12.8 Å². The molecule has 3 aromatic rings. The fourth-order valence-corrected chi connectivity index (χ4v) is 5.40. The average Bonchev–Trinajstić information content (AvgIpc) is 3.48. The van der Waals surface area contributed by atoms with E-state index in [9.17, 15) is 4.79 Å². The van der Waals surface area contributed by atoms with Crippen LogP contribution >= 0.6 is 11.3 Å². The third kappa shape index (κ3) is 4.77. The maximum atomic E-state index is 13.0. The van der Waals surface area contributed by atoms with Crippen LogP contribution in [0.4, 0.5) is 0 Å². The van der Waals surface area contributed by atoms with Crippen LogP contribution in [0.15, 0.2) is 30.3 Å². The van der Waals surface area contributed by atoms with Crippen molar-refractivity contribution in [3.05, 3.63) is 46.5 Å². The zero-order chi connectivity index (χ0) is 22.0. The number of carbonyl (C=O) groups excluding carboxylic acids is 1. The maximum Gasteiger partial charge on any atom is 0.261 e. The predicted molar refractivity (Wildman–Crippen MR) is 126 cm³/mol.